The van der Waals surface area contributed by atoms with Gasteiger partial charge in [0.05, 0.1) is 25.3 Å². The molecule has 1 N–H and O–H groups in total. The highest BCUT2D eigenvalue weighted by Gasteiger charge is 2.34. The Balaban J connectivity index is 1.76. The first kappa shape index (κ1) is 16.3. The second-order valence-corrected chi connectivity index (χ2v) is 5.14. The molecule has 2 aromatic rings. The molecule has 1 aliphatic heterocycles. The number of rotatable bonds is 3. The van der Waals surface area contributed by atoms with Gasteiger partial charge in [0.25, 0.3) is 0 Å². The number of nitrogens with one attached hydrogen (secondary N) is 1. The van der Waals surface area contributed by atoms with Crippen LogP contribution in [0.15, 0.2) is 18.2 Å². The molecule has 2 aromatic heterocycles. The molecule has 0 aliphatic carbocycles. The molecule has 0 spiro atoms. The van der Waals surface area contributed by atoms with Crippen LogP contribution >= 0.6 is 0 Å². The van der Waals surface area contributed by atoms with Gasteiger partial charge in [0, 0.05) is 6.54 Å². The van der Waals surface area contributed by atoms with E-state index in [2.05, 4.69) is 25.6 Å². The number of halogens is 3. The van der Waals surface area contributed by atoms with E-state index in [4.69, 9.17) is 4.74 Å². The number of amides is 1. The Morgan fingerprint density at radius 1 is 1.42 bits per heavy atom. The van der Waals surface area contributed by atoms with Crippen LogP contribution in [0.2, 0.25) is 0 Å². The van der Waals surface area contributed by atoms with Gasteiger partial charge in [-0.05, 0) is 12.1 Å². The van der Waals surface area contributed by atoms with Gasteiger partial charge in [0.1, 0.15) is 11.7 Å². The molecule has 1 fully saturated rings. The number of nitrogens with zero attached hydrogens (tertiary/aromatic N) is 5. The molecular weight excluding hydrogens is 329 g/mol. The van der Waals surface area contributed by atoms with Gasteiger partial charge in [0.15, 0.2) is 5.82 Å². The Bertz CT molecular complexity index is 706. The molecule has 1 aliphatic rings. The number of H-pyrrole nitrogens is 1. The van der Waals surface area contributed by atoms with E-state index >= 15 is 0 Å². The minimum absolute atomic E-state index is 0.0492. The van der Waals surface area contributed by atoms with Gasteiger partial charge in [-0.2, -0.15) is 18.4 Å². The van der Waals surface area contributed by atoms with Crippen LogP contribution in [0.25, 0.3) is 0 Å². The van der Waals surface area contributed by atoms with Gasteiger partial charge < -0.3 is 9.64 Å². The third-order valence-corrected chi connectivity index (χ3v) is 3.54. The Morgan fingerprint density at radius 2 is 2.25 bits per heavy atom. The second-order valence-electron chi connectivity index (χ2n) is 5.14. The molecule has 3 rings (SSSR count). The Morgan fingerprint density at radius 3 is 2.96 bits per heavy atom. The van der Waals surface area contributed by atoms with Crippen LogP contribution < -0.4 is 0 Å². The number of tetrazole rings is 1. The normalized spacial score (nSPS) is 18.6. The third kappa shape index (κ3) is 3.50. The summed E-state index contributed by atoms with van der Waals surface area (Å²) < 4.78 is 43.4. The van der Waals surface area contributed by atoms with Crippen molar-refractivity contribution in [1.82, 2.24) is 30.5 Å². The van der Waals surface area contributed by atoms with Gasteiger partial charge in [-0.3, -0.25) is 4.79 Å². The summed E-state index contributed by atoms with van der Waals surface area (Å²) in [7, 11) is 0. The molecule has 1 atom stereocenters. The monoisotopic (exact) mass is 342 g/mol. The highest BCUT2D eigenvalue weighted by molar-refractivity contribution is 5.78. The standard InChI is InChI=1S/C13H13F3N6O2/c14-13(15,16)10-3-1-2-8(17-10)6-11(23)22-4-5-24-7-9(22)12-18-20-21-19-12/h1-3,9H,4-7H2,(H,18,19,20,21). The number of carbonyl (C=O) groups is 1. The number of morpholine rings is 1. The molecular formula is C13H13F3N6O2. The number of aromatic amines is 1. The van der Waals surface area contributed by atoms with Crippen LogP contribution in [0.5, 0.6) is 0 Å². The highest BCUT2D eigenvalue weighted by Crippen LogP contribution is 2.28. The van der Waals surface area contributed by atoms with E-state index in [-0.39, 0.29) is 31.2 Å². The SMILES string of the molecule is O=C(Cc1cccc(C(F)(F)F)n1)N1CCOCC1c1nn[nH]n1. The Labute approximate surface area is 134 Å². The van der Waals surface area contributed by atoms with Crippen molar-refractivity contribution in [1.29, 1.82) is 0 Å². The zero-order chi connectivity index (χ0) is 17.2. The molecule has 0 radical (unpaired) electrons. The van der Waals surface area contributed by atoms with Crippen molar-refractivity contribution >= 4 is 5.91 Å². The number of hydrogen-bond acceptors (Lipinski definition) is 6. The van der Waals surface area contributed by atoms with Gasteiger partial charge in [0.2, 0.25) is 5.91 Å². The van der Waals surface area contributed by atoms with Crippen molar-refractivity contribution < 1.29 is 22.7 Å². The van der Waals surface area contributed by atoms with Crippen molar-refractivity contribution in [3.63, 3.8) is 0 Å². The Kier molecular flexibility index (Phi) is 4.42. The number of ether oxygens (including phenoxy) is 1. The van der Waals surface area contributed by atoms with E-state index in [1.54, 1.807) is 0 Å². The topological polar surface area (TPSA) is 96.9 Å². The molecule has 1 unspecified atom stereocenters. The lowest BCUT2D eigenvalue weighted by Gasteiger charge is -2.33. The minimum Gasteiger partial charge on any atom is -0.377 e. The first-order valence-corrected chi connectivity index (χ1v) is 7.09. The van der Waals surface area contributed by atoms with E-state index in [9.17, 15) is 18.0 Å². The van der Waals surface area contributed by atoms with Gasteiger partial charge in [-0.1, -0.05) is 11.3 Å². The number of carbonyl (C=O) groups excluding carboxylic acids is 1. The molecule has 1 saturated heterocycles. The molecule has 3 heterocycles. The number of aromatic nitrogens is 5. The van der Waals surface area contributed by atoms with Gasteiger partial charge >= 0.3 is 6.18 Å². The summed E-state index contributed by atoms with van der Waals surface area (Å²) in [6.07, 6.45) is -4.80. The summed E-state index contributed by atoms with van der Waals surface area (Å²) in [5.74, 6) is -0.0834. The molecule has 11 heteroatoms. The average molecular weight is 342 g/mol. The zero-order valence-corrected chi connectivity index (χ0v) is 12.3. The van der Waals surface area contributed by atoms with Crippen molar-refractivity contribution in [2.75, 3.05) is 19.8 Å². The molecule has 128 valence electrons. The summed E-state index contributed by atoms with van der Waals surface area (Å²) in [6.45, 7) is 0.814. The molecule has 8 nitrogen and oxygen atoms in total. The van der Waals surface area contributed by atoms with E-state index in [1.165, 1.54) is 17.0 Å². The van der Waals surface area contributed by atoms with E-state index in [0.29, 0.717) is 12.4 Å². The van der Waals surface area contributed by atoms with Crippen molar-refractivity contribution in [3.05, 3.63) is 35.4 Å². The maximum absolute atomic E-state index is 12.7. The van der Waals surface area contributed by atoms with E-state index in [1.807, 2.05) is 0 Å². The van der Waals surface area contributed by atoms with Crippen LogP contribution in [-0.4, -0.2) is 56.2 Å². The summed E-state index contributed by atoms with van der Waals surface area (Å²) in [5.41, 5.74) is -0.974. The quantitative estimate of drug-likeness (QED) is 0.884. The number of pyridine rings is 1. The molecule has 24 heavy (non-hydrogen) atoms. The smallest absolute Gasteiger partial charge is 0.377 e. The van der Waals surface area contributed by atoms with Crippen LogP contribution in [0.3, 0.4) is 0 Å². The van der Waals surface area contributed by atoms with Crippen LogP contribution in [0.1, 0.15) is 23.3 Å². The average Bonchev–Trinajstić information content (AvgIpc) is 3.08. The highest BCUT2D eigenvalue weighted by atomic mass is 19.4. The van der Waals surface area contributed by atoms with Crippen LogP contribution in [0, 0.1) is 0 Å². The number of hydrogen-bond donors (Lipinski definition) is 1. The van der Waals surface area contributed by atoms with Crippen LogP contribution in [-0.2, 0) is 22.1 Å². The van der Waals surface area contributed by atoms with E-state index in [0.717, 1.165) is 6.07 Å². The van der Waals surface area contributed by atoms with Crippen molar-refractivity contribution in [2.24, 2.45) is 0 Å². The fourth-order valence-electron chi connectivity index (χ4n) is 2.42. The van der Waals surface area contributed by atoms with Crippen LogP contribution in [0.4, 0.5) is 13.2 Å². The maximum atomic E-state index is 12.7. The summed E-state index contributed by atoms with van der Waals surface area (Å²) >= 11 is 0. The fraction of sp³-hybridized carbons (Fsp3) is 0.462. The predicted molar refractivity (Wildman–Crippen MR) is 72.4 cm³/mol. The third-order valence-electron chi connectivity index (χ3n) is 3.54. The number of alkyl halides is 3. The fourth-order valence-corrected chi connectivity index (χ4v) is 2.42. The van der Waals surface area contributed by atoms with Gasteiger partial charge in [-0.15, -0.1) is 10.2 Å². The summed E-state index contributed by atoms with van der Waals surface area (Å²) in [5, 5.41) is 13.4. The lowest BCUT2D eigenvalue weighted by atomic mass is 10.1. The van der Waals surface area contributed by atoms with Gasteiger partial charge in [-0.25, -0.2) is 4.98 Å². The summed E-state index contributed by atoms with van der Waals surface area (Å²) in [6, 6.07) is 2.95. The molecule has 0 saturated carbocycles. The predicted octanol–water partition coefficient (Wildman–Crippen LogP) is 0.756. The zero-order valence-electron chi connectivity index (χ0n) is 12.3. The Hall–Kier alpha value is -2.56. The molecule has 0 bridgehead atoms. The lowest BCUT2D eigenvalue weighted by Crippen LogP contribution is -2.44. The lowest BCUT2D eigenvalue weighted by molar-refractivity contribution is -0.142. The first-order chi connectivity index (χ1) is 11.4. The minimum atomic E-state index is -4.55. The second kappa shape index (κ2) is 6.51. The van der Waals surface area contributed by atoms with E-state index < -0.39 is 17.9 Å². The largest absolute Gasteiger partial charge is 0.433 e. The molecule has 1 amide bonds. The first-order valence-electron chi connectivity index (χ1n) is 7.09. The van der Waals surface area contributed by atoms with Crippen molar-refractivity contribution in [3.8, 4) is 0 Å². The summed E-state index contributed by atoms with van der Waals surface area (Å²) in [4.78, 5) is 17.5. The molecule has 0 aromatic carbocycles. The van der Waals surface area contributed by atoms with Crippen molar-refractivity contribution in [2.45, 2.75) is 18.6 Å². The maximum Gasteiger partial charge on any atom is 0.433 e.